The van der Waals surface area contributed by atoms with Gasteiger partial charge in [-0.15, -0.1) is 11.3 Å². The van der Waals surface area contributed by atoms with Gasteiger partial charge in [0.1, 0.15) is 10.1 Å². The highest BCUT2D eigenvalue weighted by Crippen LogP contribution is 2.46. The van der Waals surface area contributed by atoms with Crippen LogP contribution >= 0.6 is 38.9 Å². The molecule has 0 aliphatic carbocycles. The van der Waals surface area contributed by atoms with Crippen LogP contribution in [0.15, 0.2) is 34.8 Å². The zero-order chi connectivity index (χ0) is 15.0. The summed E-state index contributed by atoms with van der Waals surface area (Å²) < 4.78 is 7.26. The fraction of sp³-hybridized carbons (Fsp3) is 0.333. The minimum Gasteiger partial charge on any atom is -0.493 e. The van der Waals surface area contributed by atoms with Crippen LogP contribution in [0.4, 0.5) is 0 Å². The van der Waals surface area contributed by atoms with Crippen molar-refractivity contribution in [1.82, 2.24) is 0 Å². The number of thiophene rings is 1. The number of fused-ring (bicyclic) bond motifs is 1. The molecule has 1 aromatic carbocycles. The first-order chi connectivity index (χ1) is 10.1. The Labute approximate surface area is 140 Å². The molecule has 1 aromatic heterocycles. The van der Waals surface area contributed by atoms with Crippen LogP contribution in [0.2, 0.25) is 4.34 Å². The highest BCUT2D eigenvalue weighted by Gasteiger charge is 2.42. The number of benzene rings is 1. The first kappa shape index (κ1) is 15.3. The molecule has 3 N–H and O–H groups in total. The third kappa shape index (κ3) is 2.73. The number of rotatable bonds is 3. The Bertz CT molecular complexity index is 643. The van der Waals surface area contributed by atoms with E-state index in [-0.39, 0.29) is 0 Å². The quantitative estimate of drug-likeness (QED) is 0.841. The standard InChI is InChI=1S/C15H15BrClNO2S/c16-10-5-12(21-14(10)17)13(19)15(7-18)6-9-3-1-2-4-11(9)20-8-15/h1-5,13,19H,6-8,18H2. The van der Waals surface area contributed by atoms with Crippen molar-refractivity contribution in [3.05, 3.63) is 49.6 Å². The van der Waals surface area contributed by atoms with Crippen molar-refractivity contribution in [3.63, 3.8) is 0 Å². The zero-order valence-corrected chi connectivity index (χ0v) is 14.3. The second-order valence-electron chi connectivity index (χ2n) is 5.31. The predicted octanol–water partition coefficient (Wildman–Crippen LogP) is 3.78. The van der Waals surface area contributed by atoms with Gasteiger partial charge in [0.05, 0.1) is 18.1 Å². The molecule has 1 aliphatic heterocycles. The summed E-state index contributed by atoms with van der Waals surface area (Å²) in [6.07, 6.45) is -0.0156. The second kappa shape index (κ2) is 5.89. The van der Waals surface area contributed by atoms with E-state index in [0.717, 1.165) is 20.7 Å². The molecule has 0 amide bonds. The smallest absolute Gasteiger partial charge is 0.122 e. The molecule has 6 heteroatoms. The van der Waals surface area contributed by atoms with Crippen molar-refractivity contribution in [3.8, 4) is 5.75 Å². The van der Waals surface area contributed by atoms with Gasteiger partial charge in [-0.3, -0.25) is 0 Å². The number of hydrogen-bond acceptors (Lipinski definition) is 4. The Hall–Kier alpha value is -0.590. The van der Waals surface area contributed by atoms with E-state index in [4.69, 9.17) is 22.1 Å². The molecule has 3 nitrogen and oxygen atoms in total. The van der Waals surface area contributed by atoms with E-state index in [1.165, 1.54) is 11.3 Å². The van der Waals surface area contributed by atoms with Crippen molar-refractivity contribution in [2.75, 3.05) is 13.2 Å². The average molecular weight is 389 g/mol. The summed E-state index contributed by atoms with van der Waals surface area (Å²) in [4.78, 5) is 0.806. The van der Waals surface area contributed by atoms with E-state index >= 15 is 0 Å². The molecule has 0 saturated carbocycles. The summed E-state index contributed by atoms with van der Waals surface area (Å²) in [6.45, 7) is 0.741. The van der Waals surface area contributed by atoms with Crippen molar-refractivity contribution in [2.24, 2.45) is 11.1 Å². The van der Waals surface area contributed by atoms with Crippen LogP contribution in [0.5, 0.6) is 5.75 Å². The van der Waals surface area contributed by atoms with Gasteiger partial charge in [0.25, 0.3) is 0 Å². The fourth-order valence-electron chi connectivity index (χ4n) is 2.66. The van der Waals surface area contributed by atoms with E-state index in [2.05, 4.69) is 15.9 Å². The Balaban J connectivity index is 1.94. The lowest BCUT2D eigenvalue weighted by molar-refractivity contribution is -0.0140. The molecule has 0 bridgehead atoms. The number of nitrogens with two attached hydrogens (primary N) is 1. The molecular formula is C15H15BrClNO2S. The number of aliphatic hydroxyl groups excluding tert-OH is 1. The number of hydrogen-bond donors (Lipinski definition) is 2. The average Bonchev–Trinajstić information content (AvgIpc) is 2.85. The minimum absolute atomic E-state index is 0.343. The first-order valence-electron chi connectivity index (χ1n) is 6.59. The minimum atomic E-state index is -0.704. The summed E-state index contributed by atoms with van der Waals surface area (Å²) in [5.74, 6) is 0.874. The molecule has 2 atom stereocenters. The lowest BCUT2D eigenvalue weighted by atomic mass is 9.75. The number of aliphatic hydroxyl groups is 1. The monoisotopic (exact) mass is 387 g/mol. The maximum atomic E-state index is 10.8. The molecule has 0 spiro atoms. The third-order valence-corrected chi connectivity index (χ3v) is 6.48. The van der Waals surface area contributed by atoms with Crippen molar-refractivity contribution < 1.29 is 9.84 Å². The van der Waals surface area contributed by atoms with Gasteiger partial charge in [-0.05, 0) is 40.0 Å². The SMILES string of the molecule is NCC1(C(O)c2cc(Br)c(Cl)s2)COc2ccccc2C1. The van der Waals surface area contributed by atoms with Crippen LogP contribution in [0.25, 0.3) is 0 Å². The highest BCUT2D eigenvalue weighted by atomic mass is 79.9. The third-order valence-electron chi connectivity index (χ3n) is 3.95. The highest BCUT2D eigenvalue weighted by molar-refractivity contribution is 9.10. The van der Waals surface area contributed by atoms with Crippen molar-refractivity contribution in [2.45, 2.75) is 12.5 Å². The number of halogens is 2. The summed E-state index contributed by atoms with van der Waals surface area (Å²) in [5, 5.41) is 10.8. The molecule has 3 rings (SSSR count). The normalized spacial score (nSPS) is 22.5. The Morgan fingerprint density at radius 2 is 2.24 bits per heavy atom. The molecule has 2 unspecified atom stereocenters. The van der Waals surface area contributed by atoms with Crippen LogP contribution < -0.4 is 10.5 Å². The molecule has 2 heterocycles. The van der Waals surface area contributed by atoms with Gasteiger partial charge in [0.2, 0.25) is 0 Å². The van der Waals surface area contributed by atoms with E-state index in [1.807, 2.05) is 30.3 Å². The predicted molar refractivity (Wildman–Crippen MR) is 89.1 cm³/mol. The molecule has 2 aromatic rings. The van der Waals surface area contributed by atoms with Crippen LogP contribution in [-0.2, 0) is 6.42 Å². The van der Waals surface area contributed by atoms with Crippen molar-refractivity contribution >= 4 is 38.9 Å². The summed E-state index contributed by atoms with van der Waals surface area (Å²) in [7, 11) is 0. The lowest BCUT2D eigenvalue weighted by Crippen LogP contribution is -2.45. The van der Waals surface area contributed by atoms with Crippen LogP contribution in [0, 0.1) is 5.41 Å². The van der Waals surface area contributed by atoms with E-state index < -0.39 is 11.5 Å². The van der Waals surface area contributed by atoms with E-state index in [0.29, 0.717) is 23.9 Å². The summed E-state index contributed by atoms with van der Waals surface area (Å²) >= 11 is 10.8. The van der Waals surface area contributed by atoms with Gasteiger partial charge in [-0.1, -0.05) is 29.8 Å². The molecular weight excluding hydrogens is 374 g/mol. The number of ether oxygens (including phenoxy) is 1. The molecule has 112 valence electrons. The maximum Gasteiger partial charge on any atom is 0.122 e. The Morgan fingerprint density at radius 1 is 1.48 bits per heavy atom. The van der Waals surface area contributed by atoms with Gasteiger partial charge < -0.3 is 15.6 Å². The fourth-order valence-corrected chi connectivity index (χ4v) is 4.53. The van der Waals surface area contributed by atoms with Crippen LogP contribution in [-0.4, -0.2) is 18.3 Å². The van der Waals surface area contributed by atoms with Gasteiger partial charge >= 0.3 is 0 Å². The summed E-state index contributed by atoms with van der Waals surface area (Å²) in [5.41, 5.74) is 6.55. The van der Waals surface area contributed by atoms with Gasteiger partial charge in [0, 0.05) is 15.9 Å². The number of para-hydroxylation sites is 1. The Morgan fingerprint density at radius 3 is 2.90 bits per heavy atom. The van der Waals surface area contributed by atoms with Gasteiger partial charge in [0.15, 0.2) is 0 Å². The largest absolute Gasteiger partial charge is 0.493 e. The van der Waals surface area contributed by atoms with E-state index in [9.17, 15) is 5.11 Å². The Kier molecular flexibility index (Phi) is 4.30. The zero-order valence-electron chi connectivity index (χ0n) is 11.2. The summed E-state index contributed by atoms with van der Waals surface area (Å²) in [6, 6.07) is 9.74. The molecule has 1 aliphatic rings. The topological polar surface area (TPSA) is 55.5 Å². The lowest BCUT2D eigenvalue weighted by Gasteiger charge is -2.40. The maximum absolute atomic E-state index is 10.8. The molecule has 0 radical (unpaired) electrons. The second-order valence-corrected chi connectivity index (χ2v) is 7.85. The molecule has 0 saturated heterocycles. The molecule has 21 heavy (non-hydrogen) atoms. The first-order valence-corrected chi connectivity index (χ1v) is 8.58. The van der Waals surface area contributed by atoms with Crippen LogP contribution in [0.3, 0.4) is 0 Å². The van der Waals surface area contributed by atoms with Crippen molar-refractivity contribution in [1.29, 1.82) is 0 Å². The van der Waals surface area contributed by atoms with E-state index in [1.54, 1.807) is 0 Å². The van der Waals surface area contributed by atoms with Gasteiger partial charge in [-0.2, -0.15) is 0 Å². The van der Waals surface area contributed by atoms with Crippen LogP contribution in [0.1, 0.15) is 16.5 Å². The molecule has 0 fully saturated rings. The van der Waals surface area contributed by atoms with Gasteiger partial charge in [-0.25, -0.2) is 0 Å².